The van der Waals surface area contributed by atoms with Crippen LogP contribution in [0.15, 0.2) is 35.8 Å². The molecule has 17 heavy (non-hydrogen) atoms. The summed E-state index contributed by atoms with van der Waals surface area (Å²) >= 11 is 0. The molecule has 0 atom stereocenters. The van der Waals surface area contributed by atoms with Gasteiger partial charge in [0.2, 0.25) is 0 Å². The van der Waals surface area contributed by atoms with E-state index >= 15 is 0 Å². The van der Waals surface area contributed by atoms with Crippen molar-refractivity contribution in [2.45, 2.75) is 20.1 Å². The van der Waals surface area contributed by atoms with Crippen LogP contribution in [-0.2, 0) is 18.9 Å². The second kappa shape index (κ2) is 9.93. The number of allylic oxidation sites excluding steroid dienone is 2. The summed E-state index contributed by atoms with van der Waals surface area (Å²) in [6.07, 6.45) is 6.66. The lowest BCUT2D eigenvalue weighted by atomic mass is 10.3. The minimum atomic E-state index is -0.322. The molecule has 4 heteroatoms. The van der Waals surface area contributed by atoms with Gasteiger partial charge in [0.25, 0.3) is 0 Å². The summed E-state index contributed by atoms with van der Waals surface area (Å²) in [5.74, 6) is 0. The maximum Gasteiger partial charge on any atom is 0.176 e. The first-order valence-corrected chi connectivity index (χ1v) is 5.34. The first kappa shape index (κ1) is 15.7. The van der Waals surface area contributed by atoms with Gasteiger partial charge in [-0.3, -0.25) is 0 Å². The molecule has 0 amide bonds. The Morgan fingerprint density at radius 3 is 2.29 bits per heavy atom. The Bertz CT molecular complexity index is 275. The largest absolute Gasteiger partial charge is 0.504 e. The molecule has 0 N–H and O–H groups in total. The van der Waals surface area contributed by atoms with Gasteiger partial charge in [-0.15, -0.1) is 0 Å². The van der Waals surface area contributed by atoms with Crippen LogP contribution in [0, 0.1) is 0 Å². The summed E-state index contributed by atoms with van der Waals surface area (Å²) < 4.78 is 20.3. The van der Waals surface area contributed by atoms with Crippen LogP contribution < -0.4 is 0 Å². The third kappa shape index (κ3) is 8.54. The second-order valence-corrected chi connectivity index (χ2v) is 3.56. The summed E-state index contributed by atoms with van der Waals surface area (Å²) in [6, 6.07) is 0. The molecule has 0 fully saturated rings. The highest BCUT2D eigenvalue weighted by Crippen LogP contribution is 2.03. The summed E-state index contributed by atoms with van der Waals surface area (Å²) in [7, 11) is 4.80. The molecule has 0 aromatic carbocycles. The molecule has 4 nitrogen and oxygen atoms in total. The average molecular weight is 242 g/mol. The van der Waals surface area contributed by atoms with Gasteiger partial charge in [-0.25, -0.2) is 0 Å². The molecule has 0 radical (unpaired) electrons. The molecule has 0 heterocycles. The molecular formula is C13H22O4. The van der Waals surface area contributed by atoms with Gasteiger partial charge in [-0.2, -0.15) is 0 Å². The van der Waals surface area contributed by atoms with Gasteiger partial charge >= 0.3 is 0 Å². The highest BCUT2D eigenvalue weighted by Gasteiger charge is 2.00. The van der Waals surface area contributed by atoms with E-state index < -0.39 is 0 Å². The highest BCUT2D eigenvalue weighted by atomic mass is 16.7. The number of methoxy groups -OCH3 is 3. The van der Waals surface area contributed by atoms with Gasteiger partial charge in [0.1, 0.15) is 6.61 Å². The molecule has 0 aliphatic carbocycles. The number of hydrogen-bond donors (Lipinski definition) is 0. The van der Waals surface area contributed by atoms with Crippen LogP contribution in [0.1, 0.15) is 13.8 Å². The maximum absolute atomic E-state index is 5.40. The minimum Gasteiger partial charge on any atom is -0.504 e. The van der Waals surface area contributed by atoms with Crippen LogP contribution in [0.2, 0.25) is 0 Å². The van der Waals surface area contributed by atoms with Crippen molar-refractivity contribution < 1.29 is 18.9 Å². The molecule has 0 saturated carbocycles. The minimum absolute atomic E-state index is 0.322. The van der Waals surface area contributed by atoms with E-state index in [4.69, 9.17) is 18.9 Å². The van der Waals surface area contributed by atoms with Crippen molar-refractivity contribution in [2.24, 2.45) is 0 Å². The predicted octanol–water partition coefficient (Wildman–Crippen LogP) is 2.63. The lowest BCUT2D eigenvalue weighted by molar-refractivity contribution is -0.0673. The fourth-order valence-electron chi connectivity index (χ4n) is 1.03. The van der Waals surface area contributed by atoms with Crippen molar-refractivity contribution in [1.82, 2.24) is 0 Å². The normalized spacial score (nSPS) is 13.5. The molecule has 0 aromatic heterocycles. The van der Waals surface area contributed by atoms with E-state index in [0.29, 0.717) is 6.61 Å². The molecule has 0 rings (SSSR count). The predicted molar refractivity (Wildman–Crippen MR) is 67.4 cm³/mol. The smallest absolute Gasteiger partial charge is 0.176 e. The fraction of sp³-hybridized carbons (Fsp3) is 0.538. The molecule has 0 spiro atoms. The van der Waals surface area contributed by atoms with Gasteiger partial charge in [-0.1, -0.05) is 0 Å². The maximum atomic E-state index is 5.40. The van der Waals surface area contributed by atoms with Gasteiger partial charge < -0.3 is 18.9 Å². The van der Waals surface area contributed by atoms with Crippen molar-refractivity contribution in [3.05, 3.63) is 35.8 Å². The standard InChI is InChI=1S/C13H22O4/c1-11(6-7-14-3)9-17-10-12(2)8-13(15-4)16-5/h6-9,13H,10H2,1-5H3/b7-6+,11-9-,12-8+. The van der Waals surface area contributed by atoms with Crippen molar-refractivity contribution in [2.75, 3.05) is 27.9 Å². The highest BCUT2D eigenvalue weighted by molar-refractivity contribution is 5.12. The van der Waals surface area contributed by atoms with Gasteiger partial charge in [0.05, 0.1) is 19.6 Å². The Kier molecular flexibility index (Phi) is 9.19. The quantitative estimate of drug-likeness (QED) is 0.284. The SMILES string of the molecule is CO/C=C/C(C)=C\OC/C(C)=C/C(OC)OC. The Balaban J connectivity index is 4.07. The van der Waals surface area contributed by atoms with Gasteiger partial charge in [-0.05, 0) is 37.1 Å². The Morgan fingerprint density at radius 1 is 1.12 bits per heavy atom. The van der Waals surface area contributed by atoms with E-state index in [2.05, 4.69) is 0 Å². The Morgan fingerprint density at radius 2 is 1.76 bits per heavy atom. The van der Waals surface area contributed by atoms with Gasteiger partial charge in [0.15, 0.2) is 6.29 Å². The number of ether oxygens (including phenoxy) is 4. The van der Waals surface area contributed by atoms with E-state index in [1.807, 2.05) is 26.0 Å². The molecule has 0 aliphatic heterocycles. The summed E-state index contributed by atoms with van der Waals surface area (Å²) in [4.78, 5) is 0. The molecular weight excluding hydrogens is 220 g/mol. The first-order chi connectivity index (χ1) is 8.13. The number of hydrogen-bond acceptors (Lipinski definition) is 4. The van der Waals surface area contributed by atoms with Crippen LogP contribution in [0.25, 0.3) is 0 Å². The van der Waals surface area contributed by atoms with Crippen LogP contribution in [-0.4, -0.2) is 34.2 Å². The zero-order valence-electron chi connectivity index (χ0n) is 11.2. The molecule has 0 bridgehead atoms. The van der Waals surface area contributed by atoms with E-state index in [1.165, 1.54) is 0 Å². The van der Waals surface area contributed by atoms with E-state index in [1.54, 1.807) is 33.9 Å². The van der Waals surface area contributed by atoms with Crippen LogP contribution in [0.5, 0.6) is 0 Å². The molecule has 0 aromatic rings. The third-order valence-electron chi connectivity index (χ3n) is 1.93. The van der Waals surface area contributed by atoms with Crippen molar-refractivity contribution >= 4 is 0 Å². The first-order valence-electron chi connectivity index (χ1n) is 5.34. The topological polar surface area (TPSA) is 36.9 Å². The van der Waals surface area contributed by atoms with E-state index in [0.717, 1.165) is 11.1 Å². The van der Waals surface area contributed by atoms with Crippen LogP contribution >= 0.6 is 0 Å². The van der Waals surface area contributed by atoms with Crippen molar-refractivity contribution in [3.63, 3.8) is 0 Å². The van der Waals surface area contributed by atoms with Gasteiger partial charge in [0, 0.05) is 14.2 Å². The van der Waals surface area contributed by atoms with Crippen LogP contribution in [0.4, 0.5) is 0 Å². The Labute approximate surface area is 104 Å². The molecule has 98 valence electrons. The van der Waals surface area contributed by atoms with E-state index in [-0.39, 0.29) is 6.29 Å². The zero-order chi connectivity index (χ0) is 13.1. The molecule has 0 unspecified atom stereocenters. The molecule has 0 aliphatic rings. The van der Waals surface area contributed by atoms with Crippen molar-refractivity contribution in [3.8, 4) is 0 Å². The molecule has 0 saturated heterocycles. The van der Waals surface area contributed by atoms with E-state index in [9.17, 15) is 0 Å². The summed E-state index contributed by atoms with van der Waals surface area (Å²) in [5, 5.41) is 0. The summed E-state index contributed by atoms with van der Waals surface area (Å²) in [6.45, 7) is 4.39. The third-order valence-corrected chi connectivity index (χ3v) is 1.93. The monoisotopic (exact) mass is 242 g/mol. The second-order valence-electron chi connectivity index (χ2n) is 3.56. The lowest BCUT2D eigenvalue weighted by Crippen LogP contribution is -2.10. The van der Waals surface area contributed by atoms with Crippen molar-refractivity contribution in [1.29, 1.82) is 0 Å². The Hall–Kier alpha value is -1.26. The summed E-state index contributed by atoms with van der Waals surface area (Å²) in [5.41, 5.74) is 2.02. The van der Waals surface area contributed by atoms with Crippen LogP contribution in [0.3, 0.4) is 0 Å². The fourth-order valence-corrected chi connectivity index (χ4v) is 1.03. The lowest BCUT2D eigenvalue weighted by Gasteiger charge is -2.10. The average Bonchev–Trinajstić information content (AvgIpc) is 2.33. The zero-order valence-corrected chi connectivity index (χ0v) is 11.2. The number of rotatable bonds is 8.